The molecule has 0 saturated carbocycles. The second-order valence-corrected chi connectivity index (χ2v) is 5.17. The van der Waals surface area contributed by atoms with E-state index in [4.69, 9.17) is 5.11 Å². The molecule has 0 aliphatic heterocycles. The van der Waals surface area contributed by atoms with E-state index in [9.17, 15) is 4.79 Å². The summed E-state index contributed by atoms with van der Waals surface area (Å²) in [4.78, 5) is 19.5. The lowest BCUT2D eigenvalue weighted by Crippen LogP contribution is -1.99. The Kier molecular flexibility index (Phi) is 4.01. The zero-order valence-corrected chi connectivity index (χ0v) is 12.5. The highest BCUT2D eigenvalue weighted by molar-refractivity contribution is 5.89. The number of rotatable bonds is 4. The number of hydrogen-bond acceptors (Lipinski definition) is 4. The molecule has 0 aliphatic rings. The Hall–Kier alpha value is -3.21. The molecule has 1 heterocycles. The quantitative estimate of drug-likeness (QED) is 0.764. The summed E-state index contributed by atoms with van der Waals surface area (Å²) in [6.45, 7) is 2.03. The van der Waals surface area contributed by atoms with Crippen molar-refractivity contribution in [1.82, 2.24) is 9.97 Å². The average Bonchev–Trinajstić information content (AvgIpc) is 2.56. The molecule has 0 spiro atoms. The lowest BCUT2D eigenvalue weighted by Gasteiger charge is -2.08. The van der Waals surface area contributed by atoms with Gasteiger partial charge < -0.3 is 10.4 Å². The van der Waals surface area contributed by atoms with Gasteiger partial charge in [0.15, 0.2) is 0 Å². The number of nitrogens with zero attached hydrogens (tertiary/aromatic N) is 2. The van der Waals surface area contributed by atoms with Crippen LogP contribution in [0.15, 0.2) is 60.9 Å². The van der Waals surface area contributed by atoms with Gasteiger partial charge in [0, 0.05) is 17.3 Å². The van der Waals surface area contributed by atoms with Gasteiger partial charge in [-0.25, -0.2) is 14.8 Å². The molecule has 0 amide bonds. The van der Waals surface area contributed by atoms with E-state index in [1.807, 2.05) is 37.3 Å². The Labute approximate surface area is 133 Å². The molecule has 114 valence electrons. The molecule has 3 aromatic rings. The fourth-order valence-corrected chi connectivity index (χ4v) is 2.19. The Morgan fingerprint density at radius 2 is 1.83 bits per heavy atom. The zero-order valence-electron chi connectivity index (χ0n) is 12.5. The van der Waals surface area contributed by atoms with E-state index in [1.54, 1.807) is 24.3 Å². The van der Waals surface area contributed by atoms with Crippen LogP contribution in [0.1, 0.15) is 15.9 Å². The van der Waals surface area contributed by atoms with E-state index < -0.39 is 5.97 Å². The first kappa shape index (κ1) is 14.7. The molecule has 3 rings (SSSR count). The number of nitrogens with one attached hydrogen (secondary N) is 1. The summed E-state index contributed by atoms with van der Waals surface area (Å²) in [5, 5.41) is 12.1. The Morgan fingerprint density at radius 3 is 2.57 bits per heavy atom. The second-order valence-electron chi connectivity index (χ2n) is 5.17. The van der Waals surface area contributed by atoms with Crippen LogP contribution in [0.4, 0.5) is 11.5 Å². The minimum absolute atomic E-state index is 0.225. The van der Waals surface area contributed by atoms with Crippen molar-refractivity contribution in [3.05, 3.63) is 72.1 Å². The first-order valence-corrected chi connectivity index (χ1v) is 7.11. The second kappa shape index (κ2) is 6.27. The molecule has 0 atom stereocenters. The maximum absolute atomic E-state index is 11.0. The van der Waals surface area contributed by atoms with Gasteiger partial charge in [0.2, 0.25) is 0 Å². The van der Waals surface area contributed by atoms with Gasteiger partial charge >= 0.3 is 5.97 Å². The van der Waals surface area contributed by atoms with E-state index in [0.29, 0.717) is 11.5 Å². The van der Waals surface area contributed by atoms with E-state index in [2.05, 4.69) is 15.3 Å². The van der Waals surface area contributed by atoms with Crippen molar-refractivity contribution in [3.63, 3.8) is 0 Å². The highest BCUT2D eigenvalue weighted by Gasteiger charge is 2.05. The Morgan fingerprint density at radius 1 is 1.04 bits per heavy atom. The van der Waals surface area contributed by atoms with Gasteiger partial charge in [0.05, 0.1) is 11.3 Å². The fraction of sp³-hybridized carbons (Fsp3) is 0.0556. The first-order valence-electron chi connectivity index (χ1n) is 7.11. The summed E-state index contributed by atoms with van der Waals surface area (Å²) in [5.41, 5.74) is 3.88. The Balaban J connectivity index is 1.87. The van der Waals surface area contributed by atoms with Crippen molar-refractivity contribution < 1.29 is 9.90 Å². The molecular weight excluding hydrogens is 290 g/mol. The predicted molar refractivity (Wildman–Crippen MR) is 88.9 cm³/mol. The van der Waals surface area contributed by atoms with Gasteiger partial charge in [-0.2, -0.15) is 0 Å². The smallest absolute Gasteiger partial charge is 0.335 e. The van der Waals surface area contributed by atoms with E-state index in [0.717, 1.165) is 11.3 Å². The third-order valence-corrected chi connectivity index (χ3v) is 3.40. The third kappa shape index (κ3) is 3.52. The molecule has 0 fully saturated rings. The lowest BCUT2D eigenvalue weighted by atomic mass is 10.1. The van der Waals surface area contributed by atoms with Crippen molar-refractivity contribution in [2.24, 2.45) is 0 Å². The molecule has 0 aliphatic carbocycles. The van der Waals surface area contributed by atoms with Crippen LogP contribution in [0.3, 0.4) is 0 Å². The molecule has 0 saturated heterocycles. The molecule has 1 aromatic heterocycles. The van der Waals surface area contributed by atoms with E-state index in [1.165, 1.54) is 11.9 Å². The molecule has 5 heteroatoms. The van der Waals surface area contributed by atoms with Gasteiger partial charge in [0.25, 0.3) is 0 Å². The number of hydrogen-bond donors (Lipinski definition) is 2. The number of aryl methyl sites for hydroxylation is 1. The van der Waals surface area contributed by atoms with Crippen LogP contribution in [-0.2, 0) is 0 Å². The maximum atomic E-state index is 11.0. The number of carboxylic acids is 1. The van der Waals surface area contributed by atoms with Crippen molar-refractivity contribution >= 4 is 17.5 Å². The molecule has 0 radical (unpaired) electrons. The van der Waals surface area contributed by atoms with E-state index in [-0.39, 0.29) is 5.56 Å². The minimum Gasteiger partial charge on any atom is -0.478 e. The van der Waals surface area contributed by atoms with Crippen LogP contribution < -0.4 is 5.32 Å². The molecule has 5 nitrogen and oxygen atoms in total. The number of carboxylic acid groups (broad SMARTS) is 1. The summed E-state index contributed by atoms with van der Waals surface area (Å²) in [7, 11) is 0. The van der Waals surface area contributed by atoms with Crippen molar-refractivity contribution in [2.45, 2.75) is 6.92 Å². The summed E-state index contributed by atoms with van der Waals surface area (Å²) in [5.74, 6) is -0.352. The van der Waals surface area contributed by atoms with Crippen molar-refractivity contribution in [2.75, 3.05) is 5.32 Å². The molecule has 23 heavy (non-hydrogen) atoms. The predicted octanol–water partition coefficient (Wildman–Crippen LogP) is 3.89. The molecule has 0 bridgehead atoms. The van der Waals surface area contributed by atoms with Crippen LogP contribution in [0.25, 0.3) is 11.3 Å². The molecule has 2 aromatic carbocycles. The number of aromatic nitrogens is 2. The zero-order chi connectivity index (χ0) is 16.2. The fourth-order valence-electron chi connectivity index (χ4n) is 2.19. The van der Waals surface area contributed by atoms with Crippen molar-refractivity contribution in [3.8, 4) is 11.3 Å². The topological polar surface area (TPSA) is 75.1 Å². The summed E-state index contributed by atoms with van der Waals surface area (Å²) < 4.78 is 0. The third-order valence-electron chi connectivity index (χ3n) is 3.40. The normalized spacial score (nSPS) is 10.3. The Bertz CT molecular complexity index is 845. The van der Waals surface area contributed by atoms with Gasteiger partial charge in [-0.3, -0.25) is 0 Å². The molecular formula is C18H15N3O2. The van der Waals surface area contributed by atoms with E-state index >= 15 is 0 Å². The van der Waals surface area contributed by atoms with Crippen LogP contribution in [-0.4, -0.2) is 21.0 Å². The highest BCUT2D eigenvalue weighted by atomic mass is 16.4. The van der Waals surface area contributed by atoms with Crippen LogP contribution in [0, 0.1) is 6.92 Å². The number of benzene rings is 2. The summed E-state index contributed by atoms with van der Waals surface area (Å²) in [6.07, 6.45) is 1.48. The molecule has 2 N–H and O–H groups in total. The van der Waals surface area contributed by atoms with Gasteiger partial charge in [-0.1, -0.05) is 35.9 Å². The van der Waals surface area contributed by atoms with Crippen molar-refractivity contribution in [1.29, 1.82) is 0 Å². The maximum Gasteiger partial charge on any atom is 0.335 e. The summed E-state index contributed by atoms with van der Waals surface area (Å²) in [6, 6.07) is 16.5. The largest absolute Gasteiger partial charge is 0.478 e. The lowest BCUT2D eigenvalue weighted by molar-refractivity contribution is 0.0697. The average molecular weight is 305 g/mol. The number of aromatic carboxylic acids is 1. The SMILES string of the molecule is Cc1ccc(-c2cc(Nc3cccc(C(=O)O)c3)ncn2)cc1. The van der Waals surface area contributed by atoms with Crippen LogP contribution in [0.5, 0.6) is 0 Å². The van der Waals surface area contributed by atoms with Gasteiger partial charge in [-0.15, -0.1) is 0 Å². The number of carbonyl (C=O) groups is 1. The monoisotopic (exact) mass is 305 g/mol. The van der Waals surface area contributed by atoms with Gasteiger partial charge in [0.1, 0.15) is 12.1 Å². The number of anilines is 2. The van der Waals surface area contributed by atoms with Gasteiger partial charge in [-0.05, 0) is 25.1 Å². The summed E-state index contributed by atoms with van der Waals surface area (Å²) >= 11 is 0. The molecule has 0 unspecified atom stereocenters. The standard InChI is InChI=1S/C18H15N3O2/c1-12-5-7-13(8-6-12)16-10-17(20-11-19-16)21-15-4-2-3-14(9-15)18(22)23/h2-11H,1H3,(H,22,23)(H,19,20,21). The van der Waals surface area contributed by atoms with Crippen LogP contribution in [0.2, 0.25) is 0 Å². The highest BCUT2D eigenvalue weighted by Crippen LogP contribution is 2.22. The first-order chi connectivity index (χ1) is 11.1. The minimum atomic E-state index is -0.961. The van der Waals surface area contributed by atoms with Crippen LogP contribution >= 0.6 is 0 Å².